The van der Waals surface area contributed by atoms with E-state index in [0.717, 1.165) is 55.7 Å². The van der Waals surface area contributed by atoms with Crippen molar-refractivity contribution in [3.8, 4) is 5.75 Å². The van der Waals surface area contributed by atoms with Gasteiger partial charge in [0.2, 0.25) is 0 Å². The molecule has 100 valence electrons. The van der Waals surface area contributed by atoms with Crippen LogP contribution in [0.1, 0.15) is 19.8 Å². The summed E-state index contributed by atoms with van der Waals surface area (Å²) >= 11 is 6.03. The van der Waals surface area contributed by atoms with E-state index in [1.807, 2.05) is 18.2 Å². The number of rotatable bonds is 6. The van der Waals surface area contributed by atoms with Crippen molar-refractivity contribution in [3.05, 3.63) is 23.2 Å². The molecule has 0 spiro atoms. The molecule has 0 aliphatic carbocycles. The minimum atomic E-state index is 0.586. The summed E-state index contributed by atoms with van der Waals surface area (Å²) < 4.78 is 11.1. The monoisotopic (exact) mass is 269 g/mol. The Morgan fingerprint density at radius 3 is 3.11 bits per heavy atom. The minimum absolute atomic E-state index is 0.586. The van der Waals surface area contributed by atoms with Gasteiger partial charge in [0.15, 0.2) is 0 Å². The summed E-state index contributed by atoms with van der Waals surface area (Å²) in [6.45, 7) is 5.45. The molecule has 4 heteroatoms. The Balaban J connectivity index is 1.97. The van der Waals surface area contributed by atoms with Gasteiger partial charge in [-0.25, -0.2) is 0 Å². The van der Waals surface area contributed by atoms with Crippen LogP contribution in [0.3, 0.4) is 0 Å². The number of nitrogens with one attached hydrogen (secondary N) is 1. The fourth-order valence-electron chi connectivity index (χ4n) is 1.98. The van der Waals surface area contributed by atoms with Crippen LogP contribution in [-0.2, 0) is 4.74 Å². The van der Waals surface area contributed by atoms with Gasteiger partial charge in [0.05, 0.1) is 18.9 Å². The van der Waals surface area contributed by atoms with Crippen molar-refractivity contribution in [1.29, 1.82) is 0 Å². The van der Waals surface area contributed by atoms with Crippen LogP contribution in [0.25, 0.3) is 0 Å². The van der Waals surface area contributed by atoms with Crippen molar-refractivity contribution in [2.24, 2.45) is 5.92 Å². The quantitative estimate of drug-likeness (QED) is 0.856. The van der Waals surface area contributed by atoms with Crippen LogP contribution < -0.4 is 10.1 Å². The molecule has 0 bridgehead atoms. The molecule has 1 atom stereocenters. The van der Waals surface area contributed by atoms with Crippen molar-refractivity contribution >= 4 is 17.3 Å². The number of hydrogen-bond acceptors (Lipinski definition) is 3. The summed E-state index contributed by atoms with van der Waals surface area (Å²) in [4.78, 5) is 0. The Kier molecular flexibility index (Phi) is 5.14. The maximum absolute atomic E-state index is 6.03. The van der Waals surface area contributed by atoms with Gasteiger partial charge in [0, 0.05) is 24.1 Å². The van der Waals surface area contributed by atoms with E-state index in [-0.39, 0.29) is 0 Å². The maximum Gasteiger partial charge on any atom is 0.142 e. The summed E-state index contributed by atoms with van der Waals surface area (Å²) in [5.41, 5.74) is 0.975. The van der Waals surface area contributed by atoms with E-state index in [1.165, 1.54) is 0 Å². The summed E-state index contributed by atoms with van der Waals surface area (Å²) in [5, 5.41) is 4.14. The number of anilines is 1. The number of ether oxygens (including phenoxy) is 2. The second kappa shape index (κ2) is 6.86. The Bertz CT molecular complexity index is 378. The van der Waals surface area contributed by atoms with Crippen molar-refractivity contribution in [2.75, 3.05) is 31.7 Å². The Labute approximate surface area is 113 Å². The smallest absolute Gasteiger partial charge is 0.142 e. The van der Waals surface area contributed by atoms with E-state index in [9.17, 15) is 0 Å². The predicted molar refractivity (Wildman–Crippen MR) is 74.7 cm³/mol. The second-order valence-electron chi connectivity index (χ2n) is 4.60. The first-order valence-electron chi connectivity index (χ1n) is 6.53. The highest BCUT2D eigenvalue weighted by Crippen LogP contribution is 2.28. The van der Waals surface area contributed by atoms with E-state index in [4.69, 9.17) is 21.1 Å². The molecule has 2 rings (SSSR count). The second-order valence-corrected chi connectivity index (χ2v) is 5.04. The van der Waals surface area contributed by atoms with E-state index >= 15 is 0 Å². The molecule has 1 N–H and O–H groups in total. The minimum Gasteiger partial charge on any atom is -0.491 e. The maximum atomic E-state index is 6.03. The van der Waals surface area contributed by atoms with E-state index in [0.29, 0.717) is 5.92 Å². The van der Waals surface area contributed by atoms with Crippen molar-refractivity contribution in [1.82, 2.24) is 0 Å². The van der Waals surface area contributed by atoms with Crippen molar-refractivity contribution < 1.29 is 9.47 Å². The highest BCUT2D eigenvalue weighted by Gasteiger charge is 2.16. The van der Waals surface area contributed by atoms with Gasteiger partial charge < -0.3 is 14.8 Å². The molecular weight excluding hydrogens is 250 g/mol. The molecule has 1 aromatic rings. The zero-order valence-corrected chi connectivity index (χ0v) is 11.5. The number of hydrogen-bond donors (Lipinski definition) is 1. The molecule has 1 aliphatic heterocycles. The van der Waals surface area contributed by atoms with Crippen molar-refractivity contribution in [2.45, 2.75) is 19.8 Å². The molecule has 0 saturated carbocycles. The van der Waals surface area contributed by atoms with Crippen LogP contribution in [0.5, 0.6) is 5.75 Å². The first-order chi connectivity index (χ1) is 8.79. The lowest BCUT2D eigenvalue weighted by Gasteiger charge is -2.15. The van der Waals surface area contributed by atoms with Crippen molar-refractivity contribution in [3.63, 3.8) is 0 Å². The topological polar surface area (TPSA) is 30.5 Å². The average Bonchev–Trinajstić information content (AvgIpc) is 2.88. The average molecular weight is 270 g/mol. The van der Waals surface area contributed by atoms with Gasteiger partial charge in [0.25, 0.3) is 0 Å². The molecule has 1 heterocycles. The van der Waals surface area contributed by atoms with Crippen LogP contribution >= 0.6 is 11.6 Å². The first-order valence-corrected chi connectivity index (χ1v) is 6.91. The highest BCUT2D eigenvalue weighted by molar-refractivity contribution is 6.30. The molecule has 1 saturated heterocycles. The molecule has 3 nitrogen and oxygen atoms in total. The fraction of sp³-hybridized carbons (Fsp3) is 0.571. The molecule has 0 amide bonds. The third-order valence-electron chi connectivity index (χ3n) is 3.01. The van der Waals surface area contributed by atoms with Crippen LogP contribution in [0.15, 0.2) is 18.2 Å². The standard InChI is InChI=1S/C14H20ClNO2/c1-2-6-18-14-4-3-12(15)8-13(14)16-9-11-5-7-17-10-11/h3-4,8,11,16H,2,5-7,9-10H2,1H3. The Morgan fingerprint density at radius 1 is 1.50 bits per heavy atom. The summed E-state index contributed by atoms with van der Waals surface area (Å²) in [6, 6.07) is 5.70. The summed E-state index contributed by atoms with van der Waals surface area (Å²) in [7, 11) is 0. The number of benzene rings is 1. The van der Waals surface area contributed by atoms with Crippen LogP contribution in [-0.4, -0.2) is 26.4 Å². The lowest BCUT2D eigenvalue weighted by Crippen LogP contribution is -2.14. The van der Waals surface area contributed by atoms with Gasteiger partial charge in [-0.15, -0.1) is 0 Å². The highest BCUT2D eigenvalue weighted by atomic mass is 35.5. The SMILES string of the molecule is CCCOc1ccc(Cl)cc1NCC1CCOC1. The van der Waals surface area contributed by atoms with Gasteiger partial charge in [-0.2, -0.15) is 0 Å². The molecule has 1 unspecified atom stereocenters. The van der Waals surface area contributed by atoms with Gasteiger partial charge in [-0.3, -0.25) is 0 Å². The van der Waals surface area contributed by atoms with E-state index in [1.54, 1.807) is 0 Å². The third kappa shape index (κ3) is 3.79. The van der Waals surface area contributed by atoms with Crippen LogP contribution in [0.4, 0.5) is 5.69 Å². The van der Waals surface area contributed by atoms with Crippen LogP contribution in [0, 0.1) is 5.92 Å². The first kappa shape index (κ1) is 13.5. The lowest BCUT2D eigenvalue weighted by molar-refractivity contribution is 0.187. The predicted octanol–water partition coefficient (Wildman–Crippen LogP) is 3.58. The zero-order valence-electron chi connectivity index (χ0n) is 10.7. The Morgan fingerprint density at radius 2 is 2.39 bits per heavy atom. The molecule has 18 heavy (non-hydrogen) atoms. The molecule has 0 radical (unpaired) electrons. The Hall–Kier alpha value is -0.930. The van der Waals surface area contributed by atoms with E-state index in [2.05, 4.69) is 12.2 Å². The number of halogens is 1. The molecule has 1 aromatic carbocycles. The normalized spacial score (nSPS) is 18.9. The lowest BCUT2D eigenvalue weighted by atomic mass is 10.1. The zero-order chi connectivity index (χ0) is 12.8. The van der Waals surface area contributed by atoms with E-state index < -0.39 is 0 Å². The van der Waals surface area contributed by atoms with Gasteiger partial charge in [-0.05, 0) is 31.0 Å². The largest absolute Gasteiger partial charge is 0.491 e. The van der Waals surface area contributed by atoms with Gasteiger partial charge in [0.1, 0.15) is 5.75 Å². The van der Waals surface area contributed by atoms with Gasteiger partial charge >= 0.3 is 0 Å². The molecule has 0 aromatic heterocycles. The fourth-order valence-corrected chi connectivity index (χ4v) is 2.15. The summed E-state index contributed by atoms with van der Waals surface area (Å²) in [6.07, 6.45) is 2.12. The molecule has 1 fully saturated rings. The van der Waals surface area contributed by atoms with Crippen LogP contribution in [0.2, 0.25) is 5.02 Å². The van der Waals surface area contributed by atoms with Gasteiger partial charge in [-0.1, -0.05) is 18.5 Å². The molecular formula is C14H20ClNO2. The molecule has 1 aliphatic rings. The summed E-state index contributed by atoms with van der Waals surface area (Å²) in [5.74, 6) is 1.46. The third-order valence-corrected chi connectivity index (χ3v) is 3.24.